The third-order valence-corrected chi connectivity index (χ3v) is 6.84. The van der Waals surface area contributed by atoms with Gasteiger partial charge in [0.15, 0.2) is 0 Å². The molecule has 1 atom stereocenters. The lowest BCUT2D eigenvalue weighted by Gasteiger charge is -2.19. The first-order valence-corrected chi connectivity index (χ1v) is 12.7. The van der Waals surface area contributed by atoms with Gasteiger partial charge in [0.2, 0.25) is 5.91 Å². The van der Waals surface area contributed by atoms with Gasteiger partial charge in [-0.05, 0) is 41.0 Å². The number of rotatable bonds is 10. The Balaban J connectivity index is 1.54. The second-order valence-corrected chi connectivity index (χ2v) is 9.48. The number of aromatic nitrogens is 2. The molecule has 180 valence electrons. The van der Waals surface area contributed by atoms with Gasteiger partial charge >= 0.3 is 5.69 Å². The van der Waals surface area contributed by atoms with E-state index >= 15 is 0 Å². The van der Waals surface area contributed by atoms with Crippen molar-refractivity contribution in [1.82, 2.24) is 14.5 Å². The van der Waals surface area contributed by atoms with Crippen molar-refractivity contribution in [2.75, 3.05) is 0 Å². The fraction of sp³-hybridized carbons (Fsp3) is 0.250. The summed E-state index contributed by atoms with van der Waals surface area (Å²) in [7, 11) is 0. The van der Waals surface area contributed by atoms with E-state index in [1.54, 1.807) is 11.3 Å². The minimum Gasteiger partial charge on any atom is -0.343 e. The number of thiophene rings is 1. The number of hydrogen-bond donors (Lipinski definition) is 1. The van der Waals surface area contributed by atoms with E-state index in [0.717, 1.165) is 39.8 Å². The molecule has 0 aliphatic rings. The van der Waals surface area contributed by atoms with Crippen molar-refractivity contribution < 1.29 is 4.79 Å². The largest absolute Gasteiger partial charge is 0.343 e. The van der Waals surface area contributed by atoms with Crippen LogP contribution >= 0.6 is 11.3 Å². The first kappa shape index (κ1) is 24.4. The minimum absolute atomic E-state index is 0.323. The molecule has 2 heterocycles. The maximum absolute atomic E-state index is 13.1. The molecule has 35 heavy (non-hydrogen) atoms. The van der Waals surface area contributed by atoms with Gasteiger partial charge < -0.3 is 5.32 Å². The molecule has 0 bridgehead atoms. The van der Waals surface area contributed by atoms with E-state index in [1.807, 2.05) is 60.0 Å². The Labute approximate surface area is 208 Å². The summed E-state index contributed by atoms with van der Waals surface area (Å²) in [6.07, 6.45) is 4.78. The van der Waals surface area contributed by atoms with E-state index in [2.05, 4.69) is 24.4 Å². The molecule has 4 rings (SSSR count). The first-order chi connectivity index (χ1) is 17.0. The Kier molecular flexibility index (Phi) is 8.11. The van der Waals surface area contributed by atoms with Crippen LogP contribution in [0.25, 0.3) is 0 Å². The van der Waals surface area contributed by atoms with Crippen LogP contribution in [0.5, 0.6) is 0 Å². The predicted octanol–water partition coefficient (Wildman–Crippen LogP) is 4.37. The Bertz CT molecular complexity index is 1360. The Morgan fingerprint density at radius 1 is 0.943 bits per heavy atom. The summed E-state index contributed by atoms with van der Waals surface area (Å²) in [5, 5.41) is 5.00. The Hall–Kier alpha value is -3.71. The van der Waals surface area contributed by atoms with Gasteiger partial charge in [-0.15, -0.1) is 11.3 Å². The molecule has 0 fully saturated rings. The van der Waals surface area contributed by atoms with Gasteiger partial charge in [0.05, 0.1) is 12.6 Å². The topological polar surface area (TPSA) is 73.1 Å². The number of hydrogen-bond acceptors (Lipinski definition) is 4. The maximum Gasteiger partial charge on any atom is 0.331 e. The van der Waals surface area contributed by atoms with Crippen LogP contribution in [0.2, 0.25) is 0 Å². The van der Waals surface area contributed by atoms with Gasteiger partial charge in [0.25, 0.3) is 5.56 Å². The molecule has 1 amide bonds. The SMILES string of the molecule is CCCCc1ccc(C(NC(=O)Cn2c(=O)ccn(Cc3ccccc3)c2=O)c2cccs2)cc1. The number of nitrogens with zero attached hydrogens (tertiary/aromatic N) is 2. The van der Waals surface area contributed by atoms with Crippen molar-refractivity contribution in [2.24, 2.45) is 0 Å². The minimum atomic E-state index is -0.510. The zero-order chi connectivity index (χ0) is 24.6. The summed E-state index contributed by atoms with van der Waals surface area (Å²) >= 11 is 1.55. The second kappa shape index (κ2) is 11.6. The molecule has 1 unspecified atom stereocenters. The lowest BCUT2D eigenvalue weighted by atomic mass is 10.0. The van der Waals surface area contributed by atoms with Gasteiger partial charge in [0.1, 0.15) is 6.54 Å². The van der Waals surface area contributed by atoms with Gasteiger partial charge in [-0.1, -0.05) is 74.0 Å². The van der Waals surface area contributed by atoms with E-state index in [4.69, 9.17) is 0 Å². The number of carbonyl (C=O) groups is 1. The zero-order valence-corrected chi connectivity index (χ0v) is 20.5. The van der Waals surface area contributed by atoms with Crippen LogP contribution < -0.4 is 16.6 Å². The molecule has 6 nitrogen and oxygen atoms in total. The summed E-state index contributed by atoms with van der Waals surface area (Å²) in [6.45, 7) is 2.15. The molecule has 0 saturated heterocycles. The zero-order valence-electron chi connectivity index (χ0n) is 19.7. The van der Waals surface area contributed by atoms with Crippen LogP contribution in [0.4, 0.5) is 0 Å². The van der Waals surface area contributed by atoms with Crippen molar-refractivity contribution in [2.45, 2.75) is 45.3 Å². The number of carbonyl (C=O) groups excluding carboxylic acids is 1. The van der Waals surface area contributed by atoms with Crippen LogP contribution in [0.3, 0.4) is 0 Å². The predicted molar refractivity (Wildman–Crippen MR) is 140 cm³/mol. The molecule has 2 aromatic heterocycles. The number of aryl methyl sites for hydroxylation is 1. The van der Waals surface area contributed by atoms with Gasteiger partial charge in [-0.2, -0.15) is 0 Å². The highest BCUT2D eigenvalue weighted by molar-refractivity contribution is 7.10. The highest BCUT2D eigenvalue weighted by atomic mass is 32.1. The number of nitrogens with one attached hydrogen (secondary N) is 1. The fourth-order valence-corrected chi connectivity index (χ4v) is 4.79. The fourth-order valence-electron chi connectivity index (χ4n) is 3.98. The summed E-state index contributed by atoms with van der Waals surface area (Å²) in [5.74, 6) is -0.393. The quantitative estimate of drug-likeness (QED) is 0.361. The van der Waals surface area contributed by atoms with Gasteiger partial charge in [-0.3, -0.25) is 18.7 Å². The van der Waals surface area contributed by atoms with E-state index in [9.17, 15) is 14.4 Å². The van der Waals surface area contributed by atoms with Crippen LogP contribution in [0.1, 0.15) is 47.4 Å². The molecular formula is C28H29N3O3S. The summed E-state index contributed by atoms with van der Waals surface area (Å²) in [6, 6.07) is 22.7. The van der Waals surface area contributed by atoms with Crippen molar-refractivity contribution in [3.63, 3.8) is 0 Å². The normalized spacial score (nSPS) is 11.8. The molecule has 2 aromatic carbocycles. The smallest absolute Gasteiger partial charge is 0.331 e. The van der Waals surface area contributed by atoms with E-state index in [-0.39, 0.29) is 12.6 Å². The lowest BCUT2D eigenvalue weighted by Crippen LogP contribution is -2.43. The van der Waals surface area contributed by atoms with E-state index in [1.165, 1.54) is 22.4 Å². The summed E-state index contributed by atoms with van der Waals surface area (Å²) in [5.41, 5.74) is 2.15. The monoisotopic (exact) mass is 487 g/mol. The third kappa shape index (κ3) is 6.25. The van der Waals surface area contributed by atoms with Gasteiger partial charge in [0, 0.05) is 17.1 Å². The maximum atomic E-state index is 13.1. The number of amides is 1. The van der Waals surface area contributed by atoms with Crippen LogP contribution in [-0.4, -0.2) is 15.0 Å². The van der Waals surface area contributed by atoms with Crippen LogP contribution in [-0.2, 0) is 24.3 Å². The van der Waals surface area contributed by atoms with E-state index in [0.29, 0.717) is 6.54 Å². The average Bonchev–Trinajstić information content (AvgIpc) is 3.41. The Morgan fingerprint density at radius 2 is 1.71 bits per heavy atom. The Morgan fingerprint density at radius 3 is 2.40 bits per heavy atom. The van der Waals surface area contributed by atoms with Gasteiger partial charge in [-0.25, -0.2) is 4.79 Å². The summed E-state index contributed by atoms with van der Waals surface area (Å²) in [4.78, 5) is 39.5. The standard InChI is InChI=1S/C28H29N3O3S/c1-2-3-8-21-12-14-23(15-13-21)27(24-11-7-18-35-24)29-25(32)20-31-26(33)16-17-30(28(31)34)19-22-9-5-4-6-10-22/h4-7,9-18,27H,2-3,8,19-20H2,1H3,(H,29,32). The third-order valence-electron chi connectivity index (χ3n) is 5.90. The van der Waals surface area contributed by atoms with Crippen molar-refractivity contribution in [1.29, 1.82) is 0 Å². The van der Waals surface area contributed by atoms with Crippen molar-refractivity contribution in [3.05, 3.63) is 127 Å². The molecule has 1 N–H and O–H groups in total. The molecule has 4 aromatic rings. The first-order valence-electron chi connectivity index (χ1n) is 11.8. The highest BCUT2D eigenvalue weighted by Crippen LogP contribution is 2.26. The molecule has 0 radical (unpaired) electrons. The average molecular weight is 488 g/mol. The lowest BCUT2D eigenvalue weighted by molar-refractivity contribution is -0.122. The summed E-state index contributed by atoms with van der Waals surface area (Å²) < 4.78 is 2.42. The van der Waals surface area contributed by atoms with Crippen LogP contribution in [0.15, 0.2) is 94.0 Å². The van der Waals surface area contributed by atoms with E-state index < -0.39 is 17.2 Å². The number of unbranched alkanes of at least 4 members (excludes halogenated alkanes) is 1. The second-order valence-electron chi connectivity index (χ2n) is 8.50. The molecule has 0 saturated carbocycles. The van der Waals surface area contributed by atoms with Crippen molar-refractivity contribution in [3.8, 4) is 0 Å². The molecule has 0 aliphatic carbocycles. The highest BCUT2D eigenvalue weighted by Gasteiger charge is 2.19. The van der Waals surface area contributed by atoms with Crippen molar-refractivity contribution >= 4 is 17.2 Å². The molecule has 0 spiro atoms. The molecular weight excluding hydrogens is 458 g/mol. The molecule has 0 aliphatic heterocycles. The van der Waals surface area contributed by atoms with Crippen LogP contribution in [0, 0.1) is 0 Å². The molecule has 7 heteroatoms. The number of benzene rings is 2.